The number of unbranched alkanes of at least 4 members (excludes halogenated alkanes) is 3. The van der Waals surface area contributed by atoms with Crippen molar-refractivity contribution in [3.8, 4) is 5.75 Å². The lowest BCUT2D eigenvalue weighted by Gasteiger charge is -2.07. The third kappa shape index (κ3) is 5.58. The van der Waals surface area contributed by atoms with Crippen LogP contribution in [-0.4, -0.2) is 6.61 Å². The molecule has 0 saturated carbocycles. The third-order valence-corrected chi connectivity index (χ3v) is 2.81. The Morgan fingerprint density at radius 3 is 2.65 bits per heavy atom. The maximum absolute atomic E-state index is 5.71. The standard InChI is InChI=1S/C16H24O/c1-4-5-6-7-8-9-12-17-16-11-10-14(2)13-15(16)3/h8-11,13H,4-7,12H2,1-3H3/b9-8-. The van der Waals surface area contributed by atoms with Gasteiger partial charge in [0.05, 0.1) is 0 Å². The zero-order chi connectivity index (χ0) is 12.5. The second kappa shape index (κ2) is 7.94. The predicted octanol–water partition coefficient (Wildman–Crippen LogP) is 4.82. The Bertz CT molecular complexity index is 353. The first-order valence-corrected chi connectivity index (χ1v) is 6.59. The lowest BCUT2D eigenvalue weighted by molar-refractivity contribution is 0.360. The van der Waals surface area contributed by atoms with Crippen molar-refractivity contribution in [1.82, 2.24) is 0 Å². The molecule has 0 heterocycles. The molecule has 0 aliphatic heterocycles. The summed E-state index contributed by atoms with van der Waals surface area (Å²) in [4.78, 5) is 0. The van der Waals surface area contributed by atoms with Crippen LogP contribution in [0.25, 0.3) is 0 Å². The highest BCUT2D eigenvalue weighted by Crippen LogP contribution is 2.18. The summed E-state index contributed by atoms with van der Waals surface area (Å²) in [6, 6.07) is 6.29. The van der Waals surface area contributed by atoms with Gasteiger partial charge in [-0.3, -0.25) is 0 Å². The van der Waals surface area contributed by atoms with Crippen LogP contribution in [0.1, 0.15) is 43.7 Å². The fraction of sp³-hybridized carbons (Fsp3) is 0.500. The molecule has 0 atom stereocenters. The van der Waals surface area contributed by atoms with Crippen molar-refractivity contribution in [1.29, 1.82) is 0 Å². The molecule has 0 aliphatic carbocycles. The molecular weight excluding hydrogens is 208 g/mol. The van der Waals surface area contributed by atoms with Gasteiger partial charge in [0.2, 0.25) is 0 Å². The molecule has 0 radical (unpaired) electrons. The van der Waals surface area contributed by atoms with Crippen LogP contribution >= 0.6 is 0 Å². The molecule has 0 spiro atoms. The van der Waals surface area contributed by atoms with Gasteiger partial charge in [-0.05, 0) is 38.3 Å². The molecule has 1 aromatic rings. The molecule has 1 nitrogen and oxygen atoms in total. The number of rotatable bonds is 7. The van der Waals surface area contributed by atoms with E-state index in [1.165, 1.54) is 36.8 Å². The summed E-state index contributed by atoms with van der Waals surface area (Å²) < 4.78 is 5.71. The monoisotopic (exact) mass is 232 g/mol. The van der Waals surface area contributed by atoms with Crippen molar-refractivity contribution in [2.24, 2.45) is 0 Å². The van der Waals surface area contributed by atoms with E-state index < -0.39 is 0 Å². The normalized spacial score (nSPS) is 11.0. The van der Waals surface area contributed by atoms with E-state index in [4.69, 9.17) is 4.74 Å². The van der Waals surface area contributed by atoms with Gasteiger partial charge in [0, 0.05) is 0 Å². The summed E-state index contributed by atoms with van der Waals surface area (Å²) in [5.41, 5.74) is 2.49. The van der Waals surface area contributed by atoms with E-state index >= 15 is 0 Å². The van der Waals surface area contributed by atoms with Gasteiger partial charge in [0.25, 0.3) is 0 Å². The smallest absolute Gasteiger partial charge is 0.122 e. The van der Waals surface area contributed by atoms with E-state index in [1.54, 1.807) is 0 Å². The molecule has 0 amide bonds. The topological polar surface area (TPSA) is 9.23 Å². The molecule has 0 aliphatic rings. The van der Waals surface area contributed by atoms with Crippen LogP contribution in [0.2, 0.25) is 0 Å². The summed E-state index contributed by atoms with van der Waals surface area (Å²) in [5.74, 6) is 0.994. The first kappa shape index (κ1) is 13.8. The highest BCUT2D eigenvalue weighted by molar-refractivity contribution is 5.35. The minimum Gasteiger partial charge on any atom is -0.489 e. The molecule has 0 unspecified atom stereocenters. The van der Waals surface area contributed by atoms with Crippen molar-refractivity contribution in [2.45, 2.75) is 46.5 Å². The Morgan fingerprint density at radius 1 is 1.12 bits per heavy atom. The molecule has 0 N–H and O–H groups in total. The highest BCUT2D eigenvalue weighted by atomic mass is 16.5. The van der Waals surface area contributed by atoms with Crippen molar-refractivity contribution >= 4 is 0 Å². The fourth-order valence-corrected chi connectivity index (χ4v) is 1.80. The fourth-order valence-electron chi connectivity index (χ4n) is 1.80. The maximum atomic E-state index is 5.71. The number of benzene rings is 1. The number of hydrogen-bond acceptors (Lipinski definition) is 1. The molecule has 1 rings (SSSR count). The second-order valence-electron chi connectivity index (χ2n) is 4.55. The number of ether oxygens (including phenoxy) is 1. The lowest BCUT2D eigenvalue weighted by atomic mass is 10.1. The van der Waals surface area contributed by atoms with Gasteiger partial charge in [0.15, 0.2) is 0 Å². The van der Waals surface area contributed by atoms with Crippen LogP contribution in [0.5, 0.6) is 5.75 Å². The SMILES string of the molecule is CCCCC/C=C\COc1ccc(C)cc1C. The van der Waals surface area contributed by atoms with Gasteiger partial charge in [-0.25, -0.2) is 0 Å². The number of hydrogen-bond donors (Lipinski definition) is 0. The Kier molecular flexibility index (Phi) is 6.46. The van der Waals surface area contributed by atoms with Crippen LogP contribution in [0.4, 0.5) is 0 Å². The number of allylic oxidation sites excluding steroid dienone is 1. The number of aryl methyl sites for hydroxylation is 2. The molecule has 0 aromatic heterocycles. The van der Waals surface area contributed by atoms with Crippen molar-refractivity contribution < 1.29 is 4.74 Å². The van der Waals surface area contributed by atoms with E-state index in [-0.39, 0.29) is 0 Å². The maximum Gasteiger partial charge on any atom is 0.122 e. The first-order chi connectivity index (χ1) is 8.24. The van der Waals surface area contributed by atoms with E-state index in [2.05, 4.69) is 51.1 Å². The van der Waals surface area contributed by atoms with Crippen LogP contribution < -0.4 is 4.74 Å². The first-order valence-electron chi connectivity index (χ1n) is 6.59. The zero-order valence-electron chi connectivity index (χ0n) is 11.3. The second-order valence-corrected chi connectivity index (χ2v) is 4.55. The predicted molar refractivity (Wildman–Crippen MR) is 74.7 cm³/mol. The van der Waals surface area contributed by atoms with Crippen molar-refractivity contribution in [3.05, 3.63) is 41.5 Å². The Morgan fingerprint density at radius 2 is 1.94 bits per heavy atom. The zero-order valence-corrected chi connectivity index (χ0v) is 11.3. The van der Waals surface area contributed by atoms with Crippen molar-refractivity contribution in [2.75, 3.05) is 6.61 Å². The van der Waals surface area contributed by atoms with Crippen molar-refractivity contribution in [3.63, 3.8) is 0 Å². The van der Waals surface area contributed by atoms with Gasteiger partial charge in [0.1, 0.15) is 12.4 Å². The Labute approximate surface area is 106 Å². The van der Waals surface area contributed by atoms with Crippen LogP contribution in [0.15, 0.2) is 30.4 Å². The van der Waals surface area contributed by atoms with Crippen LogP contribution in [0.3, 0.4) is 0 Å². The van der Waals surface area contributed by atoms with Crippen LogP contribution in [0, 0.1) is 13.8 Å². The molecule has 94 valence electrons. The van der Waals surface area contributed by atoms with Gasteiger partial charge in [-0.15, -0.1) is 0 Å². The summed E-state index contributed by atoms with van der Waals surface area (Å²) >= 11 is 0. The minimum atomic E-state index is 0.677. The highest BCUT2D eigenvalue weighted by Gasteiger charge is 1.97. The van der Waals surface area contributed by atoms with Gasteiger partial charge in [-0.1, -0.05) is 49.6 Å². The minimum absolute atomic E-state index is 0.677. The van der Waals surface area contributed by atoms with Gasteiger partial charge >= 0.3 is 0 Å². The van der Waals surface area contributed by atoms with E-state index in [9.17, 15) is 0 Å². The molecule has 1 heteroatoms. The quantitative estimate of drug-likeness (QED) is 0.484. The molecule has 0 fully saturated rings. The average Bonchev–Trinajstić information content (AvgIpc) is 2.30. The summed E-state index contributed by atoms with van der Waals surface area (Å²) in [6.45, 7) is 7.10. The van der Waals surface area contributed by atoms with E-state index in [0.29, 0.717) is 6.61 Å². The Hall–Kier alpha value is -1.24. The summed E-state index contributed by atoms with van der Waals surface area (Å²) in [5, 5.41) is 0. The molecular formula is C16H24O. The molecule has 0 saturated heterocycles. The largest absolute Gasteiger partial charge is 0.489 e. The van der Waals surface area contributed by atoms with E-state index in [0.717, 1.165) is 5.75 Å². The average molecular weight is 232 g/mol. The lowest BCUT2D eigenvalue weighted by Crippen LogP contribution is -1.95. The molecule has 0 bridgehead atoms. The molecule has 17 heavy (non-hydrogen) atoms. The van der Waals surface area contributed by atoms with Crippen LogP contribution in [-0.2, 0) is 0 Å². The summed E-state index contributed by atoms with van der Waals surface area (Å²) in [7, 11) is 0. The van der Waals surface area contributed by atoms with Gasteiger partial charge < -0.3 is 4.74 Å². The van der Waals surface area contributed by atoms with Gasteiger partial charge in [-0.2, -0.15) is 0 Å². The summed E-state index contributed by atoms with van der Waals surface area (Å²) in [6.07, 6.45) is 9.41. The third-order valence-electron chi connectivity index (χ3n) is 2.81. The van der Waals surface area contributed by atoms with E-state index in [1.807, 2.05) is 0 Å². The Balaban J connectivity index is 2.26. The molecule has 1 aromatic carbocycles.